The number of hydrogen-bond donors (Lipinski definition) is 4. The molecule has 0 aromatic heterocycles. The number of nitrogens with one attached hydrogen (secondary N) is 3. The Morgan fingerprint density at radius 3 is 2.34 bits per heavy atom. The number of carbonyl (C=O) groups is 4. The van der Waals surface area contributed by atoms with Gasteiger partial charge >= 0.3 is 12.1 Å². The number of nitrogens with zero attached hydrogens (tertiary/aromatic N) is 1. The Morgan fingerprint density at radius 1 is 1.00 bits per heavy atom. The van der Waals surface area contributed by atoms with Gasteiger partial charge in [-0.25, -0.2) is 4.79 Å². The minimum absolute atomic E-state index is 0.0497. The molecule has 0 atom stereocenters. The number of halogens is 3. The lowest BCUT2D eigenvalue weighted by molar-refractivity contribution is -0.192. The molecule has 0 saturated heterocycles. The molecule has 0 bridgehead atoms. The zero-order chi connectivity index (χ0) is 32.0. The number of aliphatic carboxylic acids is 1. The normalized spacial score (nSPS) is 13.7. The largest absolute Gasteiger partial charge is 0.490 e. The fourth-order valence-electron chi connectivity index (χ4n) is 4.58. The van der Waals surface area contributed by atoms with Crippen LogP contribution in [0.1, 0.15) is 51.3 Å². The second-order valence-corrected chi connectivity index (χ2v) is 10.4. The van der Waals surface area contributed by atoms with E-state index in [1.54, 1.807) is 35.2 Å². The van der Waals surface area contributed by atoms with Gasteiger partial charge in [-0.15, -0.1) is 0 Å². The Kier molecular flexibility index (Phi) is 9.89. The van der Waals surface area contributed by atoms with Gasteiger partial charge in [0.2, 0.25) is 0 Å². The summed E-state index contributed by atoms with van der Waals surface area (Å²) in [5.74, 6) is -2.79. The SMILES string of the molecule is CC(C)N(Cc1ccc(C(=O)Nc2ccc3c(c2)CCNC3)cc1)C(=O)c1ccc2c(c1)OCC(=O)N2.O=C(O)C(F)(F)F. The molecule has 0 spiro atoms. The van der Waals surface area contributed by atoms with Crippen molar-refractivity contribution in [3.63, 3.8) is 0 Å². The van der Waals surface area contributed by atoms with E-state index in [1.807, 2.05) is 38.1 Å². The maximum Gasteiger partial charge on any atom is 0.490 e. The zero-order valence-electron chi connectivity index (χ0n) is 24.0. The molecule has 2 heterocycles. The van der Waals surface area contributed by atoms with E-state index in [9.17, 15) is 27.6 Å². The van der Waals surface area contributed by atoms with Crippen LogP contribution >= 0.6 is 0 Å². The van der Waals surface area contributed by atoms with Crippen molar-refractivity contribution in [1.29, 1.82) is 0 Å². The highest BCUT2D eigenvalue weighted by molar-refractivity contribution is 6.04. The summed E-state index contributed by atoms with van der Waals surface area (Å²) in [5.41, 5.74) is 5.85. The third-order valence-corrected chi connectivity index (χ3v) is 6.91. The summed E-state index contributed by atoms with van der Waals surface area (Å²) in [6.45, 7) is 6.06. The van der Waals surface area contributed by atoms with E-state index in [-0.39, 0.29) is 30.4 Å². The fourth-order valence-corrected chi connectivity index (χ4v) is 4.58. The summed E-state index contributed by atoms with van der Waals surface area (Å²) in [5, 5.41) is 16.2. The van der Waals surface area contributed by atoms with Crippen molar-refractivity contribution in [2.75, 3.05) is 23.8 Å². The maximum absolute atomic E-state index is 13.3. The van der Waals surface area contributed by atoms with Gasteiger partial charge in [0.05, 0.1) is 5.69 Å². The molecule has 3 aromatic rings. The number of fused-ring (bicyclic) bond motifs is 2. The number of carbonyl (C=O) groups excluding carboxylic acids is 3. The van der Waals surface area contributed by atoms with Gasteiger partial charge in [-0.3, -0.25) is 14.4 Å². The summed E-state index contributed by atoms with van der Waals surface area (Å²) in [4.78, 5) is 48.3. The standard InChI is InChI=1S/C29H30N4O4.C2HF3O2/c1-18(2)33(29(36)22-8-10-25-26(14-22)37-17-27(34)32-25)16-19-3-5-20(6-4-19)28(35)31-24-9-7-23-15-30-12-11-21(23)13-24;3-2(4,5)1(6)7/h3-10,13-14,18,30H,11-12,15-17H2,1-2H3,(H,31,35)(H,32,34);(H,6,7). The number of hydrogen-bond acceptors (Lipinski definition) is 6. The quantitative estimate of drug-likeness (QED) is 0.319. The monoisotopic (exact) mass is 612 g/mol. The second kappa shape index (κ2) is 13.6. The van der Waals surface area contributed by atoms with Crippen molar-refractivity contribution in [3.05, 3.63) is 88.5 Å². The predicted molar refractivity (Wildman–Crippen MR) is 156 cm³/mol. The number of amides is 3. The van der Waals surface area contributed by atoms with Crippen LogP contribution in [-0.2, 0) is 29.1 Å². The van der Waals surface area contributed by atoms with Gasteiger partial charge in [0.1, 0.15) is 5.75 Å². The average molecular weight is 613 g/mol. The minimum atomic E-state index is -5.08. The lowest BCUT2D eigenvalue weighted by Gasteiger charge is -2.28. The summed E-state index contributed by atoms with van der Waals surface area (Å²) >= 11 is 0. The molecule has 5 rings (SSSR count). The first-order valence-electron chi connectivity index (χ1n) is 13.7. The summed E-state index contributed by atoms with van der Waals surface area (Å²) in [7, 11) is 0. The second-order valence-electron chi connectivity index (χ2n) is 10.4. The van der Waals surface area contributed by atoms with E-state index in [0.29, 0.717) is 29.1 Å². The lowest BCUT2D eigenvalue weighted by atomic mass is 10.0. The van der Waals surface area contributed by atoms with Gasteiger partial charge in [0.15, 0.2) is 6.61 Å². The molecule has 44 heavy (non-hydrogen) atoms. The molecular formula is C31H31F3N4O6. The van der Waals surface area contributed by atoms with Crippen LogP contribution in [0.15, 0.2) is 60.7 Å². The number of carboxylic acid groups (broad SMARTS) is 1. The number of anilines is 2. The first-order chi connectivity index (χ1) is 20.8. The van der Waals surface area contributed by atoms with Crippen LogP contribution in [0.4, 0.5) is 24.5 Å². The fraction of sp³-hybridized carbons (Fsp3) is 0.290. The van der Waals surface area contributed by atoms with Gasteiger partial charge in [0, 0.05) is 35.9 Å². The van der Waals surface area contributed by atoms with Crippen LogP contribution in [-0.4, -0.2) is 59.1 Å². The summed E-state index contributed by atoms with van der Waals surface area (Å²) in [6.07, 6.45) is -4.13. The Labute approximate surface area is 251 Å². The van der Waals surface area contributed by atoms with Crippen LogP contribution < -0.4 is 20.7 Å². The van der Waals surface area contributed by atoms with Gasteiger partial charge in [-0.2, -0.15) is 13.2 Å². The predicted octanol–water partition coefficient (Wildman–Crippen LogP) is 4.60. The Hall–Kier alpha value is -4.91. The molecule has 3 amide bonds. The number of benzene rings is 3. The molecule has 4 N–H and O–H groups in total. The van der Waals surface area contributed by atoms with Crippen molar-refractivity contribution in [2.24, 2.45) is 0 Å². The van der Waals surface area contributed by atoms with Crippen molar-refractivity contribution < 1.29 is 42.2 Å². The topological polar surface area (TPSA) is 137 Å². The molecule has 2 aliphatic rings. The molecule has 2 aliphatic heterocycles. The van der Waals surface area contributed by atoms with Crippen molar-refractivity contribution in [1.82, 2.24) is 10.2 Å². The van der Waals surface area contributed by atoms with E-state index >= 15 is 0 Å². The van der Waals surface area contributed by atoms with Crippen LogP contribution in [0.25, 0.3) is 0 Å². The Bertz CT molecular complexity index is 1560. The number of rotatable bonds is 6. The third kappa shape index (κ3) is 8.13. The van der Waals surface area contributed by atoms with Crippen molar-refractivity contribution in [3.8, 4) is 5.75 Å². The highest BCUT2D eigenvalue weighted by Gasteiger charge is 2.38. The highest BCUT2D eigenvalue weighted by Crippen LogP contribution is 2.29. The molecule has 0 radical (unpaired) electrons. The number of ether oxygens (including phenoxy) is 1. The minimum Gasteiger partial charge on any atom is -0.482 e. The van der Waals surface area contributed by atoms with Crippen molar-refractivity contribution >= 4 is 35.1 Å². The maximum atomic E-state index is 13.3. The van der Waals surface area contributed by atoms with E-state index < -0.39 is 12.1 Å². The van der Waals surface area contributed by atoms with Gasteiger partial charge in [0.25, 0.3) is 17.7 Å². The van der Waals surface area contributed by atoms with Crippen LogP contribution in [0.2, 0.25) is 0 Å². The zero-order valence-corrected chi connectivity index (χ0v) is 24.0. The van der Waals surface area contributed by atoms with E-state index in [1.165, 1.54) is 11.1 Å². The van der Waals surface area contributed by atoms with Crippen molar-refractivity contribution in [2.45, 2.75) is 45.6 Å². The average Bonchev–Trinajstić information content (AvgIpc) is 2.99. The van der Waals surface area contributed by atoms with Crippen LogP contribution in [0, 0.1) is 0 Å². The lowest BCUT2D eigenvalue weighted by Crippen LogP contribution is -2.36. The molecule has 13 heteroatoms. The molecule has 3 aromatic carbocycles. The number of alkyl halides is 3. The van der Waals surface area contributed by atoms with E-state index in [2.05, 4.69) is 22.0 Å². The van der Waals surface area contributed by atoms with Crippen LogP contribution in [0.3, 0.4) is 0 Å². The Balaban J connectivity index is 0.000000566. The smallest absolute Gasteiger partial charge is 0.482 e. The van der Waals surface area contributed by atoms with Gasteiger partial charge in [-0.05, 0) is 86.0 Å². The molecule has 0 saturated carbocycles. The molecular weight excluding hydrogens is 581 g/mol. The first-order valence-corrected chi connectivity index (χ1v) is 13.7. The third-order valence-electron chi connectivity index (χ3n) is 6.91. The molecule has 0 unspecified atom stereocenters. The first kappa shape index (κ1) is 32.0. The van der Waals surface area contributed by atoms with E-state index in [0.717, 1.165) is 30.8 Å². The molecule has 232 valence electrons. The van der Waals surface area contributed by atoms with Gasteiger partial charge in [-0.1, -0.05) is 18.2 Å². The molecule has 0 aliphatic carbocycles. The highest BCUT2D eigenvalue weighted by atomic mass is 19.4. The summed E-state index contributed by atoms with van der Waals surface area (Å²) < 4.78 is 37.2. The van der Waals surface area contributed by atoms with Gasteiger partial charge < -0.3 is 30.7 Å². The molecule has 0 fully saturated rings. The molecule has 10 nitrogen and oxygen atoms in total. The number of carboxylic acids is 1. The van der Waals surface area contributed by atoms with E-state index in [4.69, 9.17) is 14.6 Å². The summed E-state index contributed by atoms with van der Waals surface area (Å²) in [6, 6.07) is 18.4. The van der Waals surface area contributed by atoms with Crippen LogP contribution in [0.5, 0.6) is 5.75 Å². The Morgan fingerprint density at radius 2 is 1.68 bits per heavy atom.